The molecule has 0 aromatic rings. The molecule has 0 aliphatic carbocycles. The quantitative estimate of drug-likeness (QED) is 0.333. The fourth-order valence-corrected chi connectivity index (χ4v) is 1.21. The maximum Gasteiger partial charge on any atom is 0.400 e. The van der Waals surface area contributed by atoms with Crippen molar-refractivity contribution in [1.82, 2.24) is 4.90 Å². The number of alkyl halides is 3. The Bertz CT molecular complexity index is 243. The number of rotatable bonds is 5. The van der Waals surface area contributed by atoms with Crippen LogP contribution in [0.4, 0.5) is 13.2 Å². The summed E-state index contributed by atoms with van der Waals surface area (Å²) in [6, 6.07) is 0.0105. The summed E-state index contributed by atoms with van der Waals surface area (Å²) in [4.78, 5) is 1.54. The van der Waals surface area contributed by atoms with Crippen molar-refractivity contribution < 1.29 is 18.4 Å². The van der Waals surface area contributed by atoms with Crippen LogP contribution in [0.2, 0.25) is 0 Å². The van der Waals surface area contributed by atoms with Crippen LogP contribution in [0.1, 0.15) is 20.3 Å². The lowest BCUT2D eigenvalue weighted by molar-refractivity contribution is -0.160. The second kappa shape index (κ2) is 5.93. The molecule has 7 heteroatoms. The van der Waals surface area contributed by atoms with Crippen LogP contribution < -0.4 is 5.73 Å². The van der Waals surface area contributed by atoms with Crippen molar-refractivity contribution in [3.05, 3.63) is 0 Å². The summed E-state index contributed by atoms with van der Waals surface area (Å²) in [6.45, 7) is 3.39. The molecule has 0 bridgehead atoms. The normalized spacial score (nSPS) is 17.6. The fraction of sp³-hybridized carbons (Fsp3) is 0.889. The third-order valence-electron chi connectivity index (χ3n) is 2.68. The van der Waals surface area contributed by atoms with E-state index in [0.29, 0.717) is 0 Å². The Balaban J connectivity index is 4.70. The molecule has 2 atom stereocenters. The molecule has 0 aromatic heterocycles. The first kappa shape index (κ1) is 15.0. The Morgan fingerprint density at radius 2 is 2.00 bits per heavy atom. The first-order chi connectivity index (χ1) is 7.23. The first-order valence-electron chi connectivity index (χ1n) is 4.98. The van der Waals surface area contributed by atoms with Crippen molar-refractivity contribution in [1.29, 1.82) is 0 Å². The fourth-order valence-electron chi connectivity index (χ4n) is 1.21. The molecule has 0 rings (SSSR count). The van der Waals surface area contributed by atoms with E-state index in [1.165, 1.54) is 4.90 Å². The van der Waals surface area contributed by atoms with Gasteiger partial charge in [-0.2, -0.15) is 13.2 Å². The molecule has 0 aliphatic rings. The molecule has 0 radical (unpaired) electrons. The first-order valence-corrected chi connectivity index (χ1v) is 4.98. The zero-order valence-electron chi connectivity index (χ0n) is 9.62. The average molecular weight is 241 g/mol. The Kier molecular flexibility index (Phi) is 5.57. The molecular formula is C9H18F3N3O. The smallest absolute Gasteiger partial charge is 0.400 e. The van der Waals surface area contributed by atoms with Crippen molar-refractivity contribution in [2.45, 2.75) is 32.5 Å². The molecule has 0 fully saturated rings. The van der Waals surface area contributed by atoms with Gasteiger partial charge in [0.05, 0.1) is 0 Å². The number of hydrogen-bond donors (Lipinski definition) is 2. The van der Waals surface area contributed by atoms with E-state index in [0.717, 1.165) is 6.42 Å². The molecule has 0 saturated carbocycles. The number of nitrogens with two attached hydrogens (primary N) is 1. The summed E-state index contributed by atoms with van der Waals surface area (Å²) in [5.41, 5.74) is 5.05. The number of nitrogens with zero attached hydrogens (tertiary/aromatic N) is 2. The van der Waals surface area contributed by atoms with E-state index in [-0.39, 0.29) is 12.6 Å². The number of oxime groups is 1. The predicted octanol–water partition coefficient (Wildman–Crippen LogP) is 1.64. The second-order valence-corrected chi connectivity index (χ2v) is 3.82. The maximum atomic E-state index is 12.6. The molecule has 96 valence electrons. The van der Waals surface area contributed by atoms with Gasteiger partial charge in [0.15, 0.2) is 5.84 Å². The number of amidine groups is 1. The predicted molar refractivity (Wildman–Crippen MR) is 55.3 cm³/mol. The van der Waals surface area contributed by atoms with Crippen LogP contribution in [0.25, 0.3) is 0 Å². The van der Waals surface area contributed by atoms with E-state index < -0.39 is 17.9 Å². The Morgan fingerprint density at radius 1 is 1.50 bits per heavy atom. The Labute approximate surface area is 92.9 Å². The van der Waals surface area contributed by atoms with E-state index in [1.807, 2.05) is 13.8 Å². The lowest BCUT2D eigenvalue weighted by atomic mass is 10.1. The Morgan fingerprint density at radius 3 is 2.31 bits per heavy atom. The van der Waals surface area contributed by atoms with Crippen molar-refractivity contribution in [3.8, 4) is 0 Å². The third-order valence-corrected chi connectivity index (χ3v) is 2.68. The molecule has 4 nitrogen and oxygen atoms in total. The van der Waals surface area contributed by atoms with Crippen LogP contribution in [0.15, 0.2) is 5.16 Å². The van der Waals surface area contributed by atoms with E-state index in [9.17, 15) is 13.2 Å². The average Bonchev–Trinajstić information content (AvgIpc) is 2.21. The highest BCUT2D eigenvalue weighted by Crippen LogP contribution is 2.27. The van der Waals surface area contributed by atoms with Crippen LogP contribution in [0, 0.1) is 5.92 Å². The Hall–Kier alpha value is -0.980. The summed E-state index contributed by atoms with van der Waals surface area (Å²) in [7, 11) is 1.58. The van der Waals surface area contributed by atoms with Gasteiger partial charge in [-0.15, -0.1) is 0 Å². The zero-order chi connectivity index (χ0) is 12.9. The van der Waals surface area contributed by atoms with Crippen molar-refractivity contribution in [2.75, 3.05) is 13.6 Å². The topological polar surface area (TPSA) is 61.8 Å². The summed E-state index contributed by atoms with van der Waals surface area (Å²) in [5.74, 6) is -2.74. The van der Waals surface area contributed by atoms with E-state index in [1.54, 1.807) is 7.05 Å². The molecular weight excluding hydrogens is 223 g/mol. The standard InChI is InChI=1S/C9H18F3N3O/c1-4-6(2)15(3)5-7(8(13)14-16)9(10,11)12/h6-7,16H,4-5H2,1-3H3,(H2,13,14). The van der Waals surface area contributed by atoms with Crippen molar-refractivity contribution in [3.63, 3.8) is 0 Å². The van der Waals surface area contributed by atoms with E-state index in [2.05, 4.69) is 5.16 Å². The van der Waals surface area contributed by atoms with Gasteiger partial charge in [0.2, 0.25) is 0 Å². The molecule has 0 saturated heterocycles. The number of hydrogen-bond acceptors (Lipinski definition) is 3. The monoisotopic (exact) mass is 241 g/mol. The second-order valence-electron chi connectivity index (χ2n) is 3.82. The minimum atomic E-state index is -4.50. The molecule has 3 N–H and O–H groups in total. The highest BCUT2D eigenvalue weighted by molar-refractivity contribution is 5.83. The minimum Gasteiger partial charge on any atom is -0.409 e. The summed E-state index contributed by atoms with van der Waals surface area (Å²) in [5, 5.41) is 10.8. The van der Waals surface area contributed by atoms with Crippen molar-refractivity contribution in [2.24, 2.45) is 16.8 Å². The molecule has 0 aliphatic heterocycles. The highest BCUT2D eigenvalue weighted by atomic mass is 19.4. The van der Waals surface area contributed by atoms with Gasteiger partial charge in [-0.3, -0.25) is 0 Å². The van der Waals surface area contributed by atoms with Gasteiger partial charge in [0, 0.05) is 12.6 Å². The van der Waals surface area contributed by atoms with E-state index in [4.69, 9.17) is 10.9 Å². The van der Waals surface area contributed by atoms with Gasteiger partial charge in [0.1, 0.15) is 5.92 Å². The summed E-state index contributed by atoms with van der Waals surface area (Å²) in [6.07, 6.45) is -3.77. The molecule has 16 heavy (non-hydrogen) atoms. The summed E-state index contributed by atoms with van der Waals surface area (Å²) >= 11 is 0. The molecule has 0 amide bonds. The number of halogens is 3. The highest BCUT2D eigenvalue weighted by Gasteiger charge is 2.43. The molecule has 0 aromatic carbocycles. The van der Waals surface area contributed by atoms with Gasteiger partial charge >= 0.3 is 6.18 Å². The van der Waals surface area contributed by atoms with Crippen LogP contribution in [0.3, 0.4) is 0 Å². The van der Waals surface area contributed by atoms with Gasteiger partial charge in [0.25, 0.3) is 0 Å². The molecule has 0 spiro atoms. The molecule has 2 unspecified atom stereocenters. The maximum absolute atomic E-state index is 12.6. The third kappa shape index (κ3) is 4.26. The lowest BCUT2D eigenvalue weighted by Crippen LogP contribution is -2.45. The van der Waals surface area contributed by atoms with Crippen LogP contribution in [-0.4, -0.2) is 41.8 Å². The van der Waals surface area contributed by atoms with Gasteiger partial charge in [-0.1, -0.05) is 12.1 Å². The van der Waals surface area contributed by atoms with Crippen LogP contribution in [-0.2, 0) is 0 Å². The van der Waals surface area contributed by atoms with E-state index >= 15 is 0 Å². The largest absolute Gasteiger partial charge is 0.409 e. The lowest BCUT2D eigenvalue weighted by Gasteiger charge is -2.28. The van der Waals surface area contributed by atoms with Gasteiger partial charge < -0.3 is 15.8 Å². The minimum absolute atomic E-state index is 0.0105. The van der Waals surface area contributed by atoms with Crippen LogP contribution >= 0.6 is 0 Å². The van der Waals surface area contributed by atoms with Crippen LogP contribution in [0.5, 0.6) is 0 Å². The SMILES string of the molecule is CCC(C)N(C)CC(C(N)=NO)C(F)(F)F. The molecule has 0 heterocycles. The van der Waals surface area contributed by atoms with Gasteiger partial charge in [-0.25, -0.2) is 0 Å². The van der Waals surface area contributed by atoms with Crippen molar-refractivity contribution >= 4 is 5.84 Å². The summed E-state index contributed by atoms with van der Waals surface area (Å²) < 4.78 is 37.8. The van der Waals surface area contributed by atoms with Gasteiger partial charge in [-0.05, 0) is 20.4 Å². The zero-order valence-corrected chi connectivity index (χ0v) is 9.62.